The largest absolute Gasteiger partial charge is 0.372 e. The van der Waals surface area contributed by atoms with Crippen LogP contribution in [0.5, 0.6) is 0 Å². The van der Waals surface area contributed by atoms with Gasteiger partial charge in [0.25, 0.3) is 0 Å². The Bertz CT molecular complexity index is 579. The molecule has 0 aliphatic carbocycles. The highest BCUT2D eigenvalue weighted by Gasteiger charge is 2.27. The molecule has 6 nitrogen and oxygen atoms in total. The first kappa shape index (κ1) is 15.5. The lowest BCUT2D eigenvalue weighted by atomic mass is 10.4. The standard InChI is InChI=1S/C12H19ClN4O2S/c1-14-12-11(13)8-10(9-15-12)20(18,19)17-5-3-4-16(2)6-7-17/h8-9H,3-7H2,1-2H3,(H,14,15). The van der Waals surface area contributed by atoms with E-state index < -0.39 is 10.0 Å². The molecule has 2 rings (SSSR count). The van der Waals surface area contributed by atoms with Gasteiger partial charge in [-0.2, -0.15) is 4.31 Å². The van der Waals surface area contributed by atoms with Crippen molar-refractivity contribution in [3.05, 3.63) is 17.3 Å². The molecule has 0 aromatic carbocycles. The van der Waals surface area contributed by atoms with E-state index in [1.54, 1.807) is 7.05 Å². The van der Waals surface area contributed by atoms with Crippen LogP contribution in [0.3, 0.4) is 0 Å². The molecule has 8 heteroatoms. The molecule has 112 valence electrons. The van der Waals surface area contributed by atoms with Crippen molar-refractivity contribution in [2.75, 3.05) is 45.6 Å². The van der Waals surface area contributed by atoms with Gasteiger partial charge in [0.05, 0.1) is 5.02 Å². The van der Waals surface area contributed by atoms with E-state index in [0.717, 1.165) is 19.5 Å². The molecule has 0 saturated carbocycles. The van der Waals surface area contributed by atoms with Crippen LogP contribution in [0, 0.1) is 0 Å². The van der Waals surface area contributed by atoms with Gasteiger partial charge in [-0.15, -0.1) is 0 Å². The van der Waals surface area contributed by atoms with Crippen LogP contribution in [0.25, 0.3) is 0 Å². The molecular weight excluding hydrogens is 300 g/mol. The Balaban J connectivity index is 2.27. The van der Waals surface area contributed by atoms with Crippen LogP contribution in [0.4, 0.5) is 5.82 Å². The number of sulfonamides is 1. The van der Waals surface area contributed by atoms with E-state index in [1.807, 2.05) is 7.05 Å². The fourth-order valence-electron chi connectivity index (χ4n) is 2.16. The zero-order valence-corrected chi connectivity index (χ0v) is 13.2. The average molecular weight is 319 g/mol. The molecule has 0 spiro atoms. The van der Waals surface area contributed by atoms with Gasteiger partial charge in [0.1, 0.15) is 10.7 Å². The smallest absolute Gasteiger partial charge is 0.244 e. The van der Waals surface area contributed by atoms with Gasteiger partial charge in [0.2, 0.25) is 10.0 Å². The number of nitrogens with zero attached hydrogens (tertiary/aromatic N) is 3. The first-order chi connectivity index (χ1) is 9.45. The van der Waals surface area contributed by atoms with Gasteiger partial charge in [-0.05, 0) is 26.1 Å². The third-order valence-corrected chi connectivity index (χ3v) is 5.52. The molecule has 20 heavy (non-hydrogen) atoms. The van der Waals surface area contributed by atoms with E-state index in [1.165, 1.54) is 16.6 Å². The van der Waals surface area contributed by atoms with E-state index in [-0.39, 0.29) is 4.90 Å². The molecule has 1 aromatic heterocycles. The summed E-state index contributed by atoms with van der Waals surface area (Å²) in [6, 6.07) is 1.45. The zero-order chi connectivity index (χ0) is 14.8. The summed E-state index contributed by atoms with van der Waals surface area (Å²) >= 11 is 6.01. The van der Waals surface area contributed by atoms with E-state index in [4.69, 9.17) is 11.6 Å². The minimum Gasteiger partial charge on any atom is -0.372 e. The summed E-state index contributed by atoms with van der Waals surface area (Å²) in [6.07, 6.45) is 2.17. The molecule has 1 aromatic rings. The number of pyridine rings is 1. The normalized spacial score (nSPS) is 18.8. The lowest BCUT2D eigenvalue weighted by molar-refractivity contribution is 0.347. The number of nitrogens with one attached hydrogen (secondary N) is 1. The van der Waals surface area contributed by atoms with Crippen LogP contribution >= 0.6 is 11.6 Å². The van der Waals surface area contributed by atoms with Crippen molar-refractivity contribution >= 4 is 27.4 Å². The molecular formula is C12H19ClN4O2S. The average Bonchev–Trinajstić information content (AvgIpc) is 2.63. The number of likely N-dealkylation sites (N-methyl/N-ethyl adjacent to an activating group) is 1. The van der Waals surface area contributed by atoms with Crippen molar-refractivity contribution in [1.29, 1.82) is 0 Å². The zero-order valence-electron chi connectivity index (χ0n) is 11.6. The number of halogens is 1. The Labute approximate surface area is 124 Å². The maximum Gasteiger partial charge on any atom is 0.244 e. The lowest BCUT2D eigenvalue weighted by Crippen LogP contribution is -2.34. The Morgan fingerprint density at radius 1 is 1.30 bits per heavy atom. The van der Waals surface area contributed by atoms with Crippen molar-refractivity contribution in [1.82, 2.24) is 14.2 Å². The van der Waals surface area contributed by atoms with Crippen molar-refractivity contribution in [2.45, 2.75) is 11.3 Å². The van der Waals surface area contributed by atoms with Crippen LogP contribution in [0.2, 0.25) is 5.02 Å². The summed E-state index contributed by atoms with van der Waals surface area (Å²) in [5, 5.41) is 3.12. The van der Waals surface area contributed by atoms with Crippen molar-refractivity contribution in [2.24, 2.45) is 0 Å². The van der Waals surface area contributed by atoms with E-state index >= 15 is 0 Å². The van der Waals surface area contributed by atoms with E-state index in [0.29, 0.717) is 23.9 Å². The summed E-state index contributed by atoms with van der Waals surface area (Å²) in [5.41, 5.74) is 0. The first-order valence-electron chi connectivity index (χ1n) is 6.47. The summed E-state index contributed by atoms with van der Waals surface area (Å²) in [5.74, 6) is 0.473. The SMILES string of the molecule is CNc1ncc(S(=O)(=O)N2CCCN(C)CC2)cc1Cl. The predicted molar refractivity (Wildman–Crippen MR) is 79.7 cm³/mol. The van der Waals surface area contributed by atoms with Crippen LogP contribution < -0.4 is 5.32 Å². The molecule has 1 aliphatic heterocycles. The monoisotopic (exact) mass is 318 g/mol. The summed E-state index contributed by atoms with van der Waals surface area (Å²) in [7, 11) is 0.159. The van der Waals surface area contributed by atoms with Gasteiger partial charge >= 0.3 is 0 Å². The number of rotatable bonds is 3. The number of anilines is 1. The quantitative estimate of drug-likeness (QED) is 0.904. The number of hydrogen-bond acceptors (Lipinski definition) is 5. The Morgan fingerprint density at radius 3 is 2.70 bits per heavy atom. The van der Waals surface area contributed by atoms with E-state index in [9.17, 15) is 8.42 Å². The molecule has 1 aliphatic rings. The predicted octanol–water partition coefficient (Wildman–Crippen LogP) is 1.10. The van der Waals surface area contributed by atoms with Gasteiger partial charge < -0.3 is 10.2 Å². The van der Waals surface area contributed by atoms with Gasteiger partial charge in [-0.25, -0.2) is 13.4 Å². The second-order valence-electron chi connectivity index (χ2n) is 4.81. The van der Waals surface area contributed by atoms with Crippen LogP contribution in [0.1, 0.15) is 6.42 Å². The van der Waals surface area contributed by atoms with Gasteiger partial charge in [0, 0.05) is 32.9 Å². The fourth-order valence-corrected chi connectivity index (χ4v) is 3.93. The van der Waals surface area contributed by atoms with Gasteiger partial charge in [-0.1, -0.05) is 11.6 Å². The lowest BCUT2D eigenvalue weighted by Gasteiger charge is -2.20. The molecule has 2 heterocycles. The third-order valence-electron chi connectivity index (χ3n) is 3.37. The highest BCUT2D eigenvalue weighted by molar-refractivity contribution is 7.89. The first-order valence-corrected chi connectivity index (χ1v) is 8.29. The molecule has 1 fully saturated rings. The molecule has 0 amide bonds. The van der Waals surface area contributed by atoms with Crippen molar-refractivity contribution in [3.63, 3.8) is 0 Å². The van der Waals surface area contributed by atoms with Gasteiger partial charge in [0.15, 0.2) is 0 Å². The fraction of sp³-hybridized carbons (Fsp3) is 0.583. The van der Waals surface area contributed by atoms with E-state index in [2.05, 4.69) is 15.2 Å². The topological polar surface area (TPSA) is 65.5 Å². The van der Waals surface area contributed by atoms with Crippen molar-refractivity contribution < 1.29 is 8.42 Å². The van der Waals surface area contributed by atoms with Crippen LogP contribution in [-0.4, -0.2) is 62.9 Å². The summed E-state index contributed by atoms with van der Waals surface area (Å²) < 4.78 is 26.7. The summed E-state index contributed by atoms with van der Waals surface area (Å²) in [4.78, 5) is 6.31. The molecule has 1 N–H and O–H groups in total. The highest BCUT2D eigenvalue weighted by Crippen LogP contribution is 2.24. The molecule has 0 unspecified atom stereocenters. The second-order valence-corrected chi connectivity index (χ2v) is 7.16. The number of aromatic nitrogens is 1. The highest BCUT2D eigenvalue weighted by atomic mass is 35.5. The maximum atomic E-state index is 12.6. The second kappa shape index (κ2) is 6.26. The van der Waals surface area contributed by atoms with Crippen LogP contribution in [-0.2, 0) is 10.0 Å². The maximum absolute atomic E-state index is 12.6. The Kier molecular flexibility index (Phi) is 4.85. The molecule has 0 atom stereocenters. The number of hydrogen-bond donors (Lipinski definition) is 1. The minimum atomic E-state index is -3.52. The molecule has 0 radical (unpaired) electrons. The summed E-state index contributed by atoms with van der Waals surface area (Å²) in [6.45, 7) is 2.65. The Morgan fingerprint density at radius 2 is 2.05 bits per heavy atom. The minimum absolute atomic E-state index is 0.144. The van der Waals surface area contributed by atoms with Crippen LogP contribution in [0.15, 0.2) is 17.2 Å². The molecule has 0 bridgehead atoms. The van der Waals surface area contributed by atoms with Crippen molar-refractivity contribution in [3.8, 4) is 0 Å². The Hall–Kier alpha value is -0.890. The molecule has 1 saturated heterocycles. The van der Waals surface area contributed by atoms with Gasteiger partial charge in [-0.3, -0.25) is 0 Å². The third kappa shape index (κ3) is 3.22.